The number of furan rings is 1. The molecular weight excluding hydrogens is 810 g/mol. The number of nitrogens with one attached hydrogen (secondary N) is 3. The third kappa shape index (κ3) is 8.32. The Morgan fingerprint density at radius 1 is 1.00 bits per heavy atom. The molecule has 2 aliphatic heterocycles. The first kappa shape index (κ1) is 40.9. The molecule has 17 heteroatoms. The lowest BCUT2D eigenvalue weighted by molar-refractivity contribution is -0.141. The average molecular weight is 860 g/mol. The van der Waals surface area contributed by atoms with Crippen LogP contribution in [0.3, 0.4) is 0 Å². The summed E-state index contributed by atoms with van der Waals surface area (Å²) >= 11 is 0. The average Bonchev–Trinajstić information content (AvgIpc) is 4.04. The maximum Gasteiger partial charge on any atom is 0.408 e. The number of hydrogen-bond donors (Lipinski definition) is 3. The molecule has 2 aromatic heterocycles. The summed E-state index contributed by atoms with van der Waals surface area (Å²) in [5.74, 6) is -2.17. The van der Waals surface area contributed by atoms with E-state index < -0.39 is 74.5 Å². The Kier molecular flexibility index (Phi) is 11.0. The normalized spacial score (nSPS) is 26.8. The van der Waals surface area contributed by atoms with Gasteiger partial charge >= 0.3 is 6.09 Å². The highest BCUT2D eigenvalue weighted by atomic mass is 32.2. The molecule has 15 nitrogen and oxygen atoms in total. The van der Waals surface area contributed by atoms with Gasteiger partial charge in [0.25, 0.3) is 5.91 Å². The maximum atomic E-state index is 14.8. The number of pyridine rings is 1. The molecule has 3 saturated carbocycles. The summed E-state index contributed by atoms with van der Waals surface area (Å²) < 4.78 is 67.4. The first-order valence-corrected chi connectivity index (χ1v) is 23.0. The highest BCUT2D eigenvalue weighted by Gasteiger charge is 2.62. The van der Waals surface area contributed by atoms with Crippen molar-refractivity contribution in [3.63, 3.8) is 0 Å². The molecule has 0 radical (unpaired) electrons. The first-order chi connectivity index (χ1) is 29.4. The fourth-order valence-corrected chi connectivity index (χ4v) is 10.4. The Morgan fingerprint density at radius 3 is 2.59 bits per heavy atom. The largest absolute Gasteiger partial charge is 0.494 e. The van der Waals surface area contributed by atoms with Crippen LogP contribution in [0, 0.1) is 11.7 Å². The summed E-state index contributed by atoms with van der Waals surface area (Å²) in [6, 6.07) is 7.17. The smallest absolute Gasteiger partial charge is 0.408 e. The number of hydrogen-bond acceptors (Lipinski definition) is 11. The van der Waals surface area contributed by atoms with Crippen molar-refractivity contribution in [2.24, 2.45) is 5.92 Å². The molecule has 3 aliphatic carbocycles. The van der Waals surface area contributed by atoms with E-state index in [1.807, 2.05) is 19.1 Å². The Morgan fingerprint density at radius 2 is 1.80 bits per heavy atom. The van der Waals surface area contributed by atoms with Crippen LogP contribution in [0.2, 0.25) is 0 Å². The molecule has 0 unspecified atom stereocenters. The number of nitrogens with zero attached hydrogens (tertiary/aromatic N) is 2. The number of alkyl carbamates (subject to hydrolysis) is 1. The van der Waals surface area contributed by atoms with E-state index in [-0.39, 0.29) is 43.2 Å². The van der Waals surface area contributed by atoms with Crippen LogP contribution in [0.15, 0.2) is 53.0 Å². The Balaban J connectivity index is 1.07. The molecule has 3 N–H and O–H groups in total. The number of aromatic nitrogens is 1. The van der Waals surface area contributed by atoms with E-state index in [1.165, 1.54) is 23.1 Å². The Labute approximate surface area is 352 Å². The quantitative estimate of drug-likeness (QED) is 0.166. The molecule has 0 spiro atoms. The van der Waals surface area contributed by atoms with Gasteiger partial charge in [0.2, 0.25) is 21.8 Å². The minimum absolute atomic E-state index is 0.0450. The second kappa shape index (κ2) is 16.4. The number of carbonyl (C=O) groups excluding carboxylic acids is 4. The molecule has 4 fully saturated rings. The number of amides is 4. The predicted octanol–water partition coefficient (Wildman–Crippen LogP) is 6.06. The lowest BCUT2D eigenvalue weighted by atomic mass is 10.0. The van der Waals surface area contributed by atoms with Crippen LogP contribution in [0.25, 0.3) is 33.0 Å². The van der Waals surface area contributed by atoms with E-state index in [0.717, 1.165) is 38.5 Å². The van der Waals surface area contributed by atoms with E-state index in [2.05, 4.69) is 15.4 Å². The summed E-state index contributed by atoms with van der Waals surface area (Å²) in [6.45, 7) is 2.20. The Bertz CT molecular complexity index is 2540. The van der Waals surface area contributed by atoms with Gasteiger partial charge in [-0.2, -0.15) is 0 Å². The zero-order valence-corrected chi connectivity index (χ0v) is 34.8. The fourth-order valence-electron chi connectivity index (χ4n) is 9.08. The summed E-state index contributed by atoms with van der Waals surface area (Å²) in [7, 11) is -3.94. The van der Waals surface area contributed by atoms with Crippen molar-refractivity contribution in [3.8, 4) is 11.5 Å². The third-order valence-electron chi connectivity index (χ3n) is 12.6. The minimum atomic E-state index is -3.94. The van der Waals surface area contributed by atoms with Crippen molar-refractivity contribution in [2.45, 2.75) is 125 Å². The molecule has 0 bridgehead atoms. The molecule has 324 valence electrons. The van der Waals surface area contributed by atoms with Gasteiger partial charge in [0, 0.05) is 23.8 Å². The molecule has 2 aromatic carbocycles. The van der Waals surface area contributed by atoms with Crippen molar-refractivity contribution >= 4 is 66.8 Å². The second-order valence-electron chi connectivity index (χ2n) is 17.0. The minimum Gasteiger partial charge on any atom is -0.494 e. The van der Waals surface area contributed by atoms with Gasteiger partial charge in [-0.25, -0.2) is 22.6 Å². The Hall–Kier alpha value is -5.45. The number of rotatable bonds is 9. The number of fused-ring (bicyclic) bond motifs is 6. The third-order valence-corrected chi connectivity index (χ3v) is 14.4. The molecule has 4 heterocycles. The van der Waals surface area contributed by atoms with Gasteiger partial charge in [-0.1, -0.05) is 25.0 Å². The van der Waals surface area contributed by atoms with Gasteiger partial charge in [-0.05, 0) is 101 Å². The van der Waals surface area contributed by atoms with E-state index in [0.29, 0.717) is 65.4 Å². The fraction of sp³-hybridized carbons (Fsp3) is 0.523. The van der Waals surface area contributed by atoms with Crippen LogP contribution in [0.5, 0.6) is 11.5 Å². The van der Waals surface area contributed by atoms with Crippen molar-refractivity contribution in [3.05, 3.63) is 54.4 Å². The van der Waals surface area contributed by atoms with E-state index >= 15 is 0 Å². The van der Waals surface area contributed by atoms with Gasteiger partial charge < -0.3 is 34.2 Å². The second-order valence-corrected chi connectivity index (χ2v) is 18.9. The zero-order chi connectivity index (χ0) is 42.5. The highest BCUT2D eigenvalue weighted by molar-refractivity contribution is 7.91. The zero-order valence-electron chi connectivity index (χ0n) is 34.0. The predicted molar refractivity (Wildman–Crippen MR) is 222 cm³/mol. The monoisotopic (exact) mass is 859 g/mol. The van der Waals surface area contributed by atoms with Crippen molar-refractivity contribution in [1.29, 1.82) is 0 Å². The summed E-state index contributed by atoms with van der Waals surface area (Å²) in [5.41, 5.74) is -0.103. The van der Waals surface area contributed by atoms with Crippen LogP contribution in [0.1, 0.15) is 90.4 Å². The number of sulfonamides is 1. The van der Waals surface area contributed by atoms with E-state index in [9.17, 15) is 32.0 Å². The number of carbonyl (C=O) groups is 4. The van der Waals surface area contributed by atoms with Gasteiger partial charge in [0.1, 0.15) is 52.5 Å². The van der Waals surface area contributed by atoms with Crippen LogP contribution in [0.4, 0.5) is 9.18 Å². The van der Waals surface area contributed by atoms with Crippen molar-refractivity contribution in [1.82, 2.24) is 25.2 Å². The van der Waals surface area contributed by atoms with Crippen LogP contribution >= 0.6 is 0 Å². The van der Waals surface area contributed by atoms with Crippen LogP contribution < -0.4 is 24.8 Å². The SMILES string of the molecule is CCOc1ccc2oc3c(O[C@@H]4C[C@H]5C(=O)N[C@]6(C(=O)NS(=O)(=O)C7CC7)C[C@@H]6/C=C\CCCCC[C@H](NC(=O)OC6CCCC6)C(=O)N5C4)c4ccc(F)cc4nc3c2c1. The lowest BCUT2D eigenvalue weighted by Gasteiger charge is -2.30. The van der Waals surface area contributed by atoms with Gasteiger partial charge in [-0.15, -0.1) is 0 Å². The van der Waals surface area contributed by atoms with Crippen LogP contribution in [-0.4, -0.2) is 90.3 Å². The maximum absolute atomic E-state index is 14.8. The van der Waals surface area contributed by atoms with Crippen LogP contribution in [-0.2, 0) is 29.1 Å². The number of ether oxygens (including phenoxy) is 3. The highest BCUT2D eigenvalue weighted by Crippen LogP contribution is 2.47. The summed E-state index contributed by atoms with van der Waals surface area (Å²) in [6.07, 6.45) is 9.49. The standard InChI is InChI=1S/C44H50FN5O10S/c1-2-57-28-15-19-36-32(21-28)37-39(60-36)38(31-18-14-26(45)20-34(31)46-37)58-29-22-35-40(51)48-44(42(53)49-61(55,56)30-16-17-30)23-25(44)10-6-4-3-5-7-13-33(41(52)50(35)24-29)47-43(54)59-27-11-8-9-12-27/h6,10,14-15,18-21,25,27,29-30,33,35H,2-5,7-9,11-13,16-17,22-24H2,1H3,(H,47,54)(H,48,51)(H,49,53)/b10-6-/t25-,29+,33-,35-,44+/m0/s1. The molecule has 1 saturated heterocycles. The number of benzene rings is 2. The van der Waals surface area contributed by atoms with Crippen molar-refractivity contribution < 1.29 is 50.6 Å². The number of allylic oxidation sites excluding steroid dienone is 1. The molecular formula is C44H50FN5O10S. The van der Waals surface area contributed by atoms with Gasteiger partial charge in [0.15, 0.2) is 11.3 Å². The molecule has 9 rings (SSSR count). The van der Waals surface area contributed by atoms with Crippen molar-refractivity contribution in [2.75, 3.05) is 13.2 Å². The summed E-state index contributed by atoms with van der Waals surface area (Å²) in [5, 5.41) is 6.09. The topological polar surface area (TPSA) is 195 Å². The molecule has 4 aromatic rings. The van der Waals surface area contributed by atoms with E-state index in [1.54, 1.807) is 18.2 Å². The summed E-state index contributed by atoms with van der Waals surface area (Å²) in [4.78, 5) is 62.7. The molecule has 61 heavy (non-hydrogen) atoms. The molecule has 5 atom stereocenters. The number of halogens is 1. The molecule has 4 amide bonds. The first-order valence-electron chi connectivity index (χ1n) is 21.5. The van der Waals surface area contributed by atoms with Gasteiger partial charge in [-0.3, -0.25) is 19.1 Å². The molecule has 5 aliphatic rings. The van der Waals surface area contributed by atoms with Gasteiger partial charge in [0.05, 0.1) is 29.3 Å². The lowest BCUT2D eigenvalue weighted by Crippen LogP contribution is -2.58. The van der Waals surface area contributed by atoms with E-state index in [4.69, 9.17) is 23.6 Å².